The second-order valence-corrected chi connectivity index (χ2v) is 9.65. The summed E-state index contributed by atoms with van der Waals surface area (Å²) in [5.41, 5.74) is 1.18. The van der Waals surface area contributed by atoms with Gasteiger partial charge in [-0.05, 0) is 24.6 Å². The van der Waals surface area contributed by atoms with Crippen LogP contribution in [0, 0.1) is 0 Å². The van der Waals surface area contributed by atoms with Crippen molar-refractivity contribution in [3.05, 3.63) is 34.9 Å². The van der Waals surface area contributed by atoms with Crippen LogP contribution in [-0.2, 0) is 14.3 Å². The Morgan fingerprint density at radius 1 is 1.18 bits per heavy atom. The zero-order chi connectivity index (χ0) is 27.7. The maximum Gasteiger partial charge on any atom is 0.247 e. The number of fused-ring (bicyclic) bond motifs is 3. The number of aldehydes is 1. The van der Waals surface area contributed by atoms with E-state index in [9.17, 15) is 24.6 Å². The van der Waals surface area contributed by atoms with E-state index in [1.807, 2.05) is 0 Å². The first-order valence-corrected chi connectivity index (χ1v) is 13.3. The van der Waals surface area contributed by atoms with E-state index in [0.717, 1.165) is 32.1 Å². The van der Waals surface area contributed by atoms with Crippen molar-refractivity contribution in [2.75, 3.05) is 40.5 Å². The number of amides is 2. The van der Waals surface area contributed by atoms with Crippen LogP contribution < -0.4 is 14.8 Å². The van der Waals surface area contributed by atoms with Crippen molar-refractivity contribution in [2.45, 2.75) is 69.6 Å². The minimum Gasteiger partial charge on any atom is -0.493 e. The molecule has 0 spiro atoms. The summed E-state index contributed by atoms with van der Waals surface area (Å²) < 4.78 is 16.9. The second kappa shape index (κ2) is 14.3. The molecule has 0 saturated carbocycles. The van der Waals surface area contributed by atoms with Gasteiger partial charge in [0.2, 0.25) is 11.8 Å². The summed E-state index contributed by atoms with van der Waals surface area (Å²) in [6, 6.07) is 2.32. The van der Waals surface area contributed by atoms with Crippen molar-refractivity contribution in [3.63, 3.8) is 0 Å². The molecule has 2 amide bonds. The molecular weight excluding hydrogens is 492 g/mol. The average Bonchev–Trinajstić information content (AvgIpc) is 3.32. The molecule has 3 rings (SSSR count). The van der Waals surface area contributed by atoms with E-state index >= 15 is 0 Å². The van der Waals surface area contributed by atoms with Crippen LogP contribution in [0.25, 0.3) is 0 Å². The first-order chi connectivity index (χ1) is 18.4. The van der Waals surface area contributed by atoms with E-state index in [2.05, 4.69) is 12.2 Å². The van der Waals surface area contributed by atoms with Gasteiger partial charge in [-0.2, -0.15) is 0 Å². The summed E-state index contributed by atoms with van der Waals surface area (Å²) in [5.74, 6) is -0.617. The van der Waals surface area contributed by atoms with Gasteiger partial charge in [0.25, 0.3) is 0 Å². The van der Waals surface area contributed by atoms with E-state index in [4.69, 9.17) is 14.2 Å². The molecule has 1 heterocycles. The molecular formula is C28H40N2O8. The number of hydrogen-bond donors (Lipinski definition) is 3. The highest BCUT2D eigenvalue weighted by atomic mass is 16.5. The Balaban J connectivity index is 1.99. The van der Waals surface area contributed by atoms with Crippen molar-refractivity contribution in [1.29, 1.82) is 0 Å². The Hall–Kier alpha value is -2.95. The molecule has 0 aromatic heterocycles. The Bertz CT molecular complexity index is 1010. The molecule has 0 radical (unpaired) electrons. The van der Waals surface area contributed by atoms with Crippen LogP contribution in [0.2, 0.25) is 0 Å². The minimum atomic E-state index is -1.16. The fourth-order valence-electron chi connectivity index (χ4n) is 5.21. The summed E-state index contributed by atoms with van der Waals surface area (Å²) >= 11 is 0. The Morgan fingerprint density at radius 2 is 1.95 bits per heavy atom. The summed E-state index contributed by atoms with van der Waals surface area (Å²) in [4.78, 5) is 39.8. The topological polar surface area (TPSA) is 135 Å². The predicted molar refractivity (Wildman–Crippen MR) is 140 cm³/mol. The van der Waals surface area contributed by atoms with Crippen molar-refractivity contribution in [1.82, 2.24) is 10.2 Å². The molecule has 3 N–H and O–H groups in total. The van der Waals surface area contributed by atoms with Crippen LogP contribution in [-0.4, -0.2) is 92.0 Å². The third-order valence-corrected chi connectivity index (χ3v) is 7.12. The van der Waals surface area contributed by atoms with E-state index in [-0.39, 0.29) is 32.2 Å². The second-order valence-electron chi connectivity index (χ2n) is 9.65. The molecule has 0 unspecified atom stereocenters. The zero-order valence-electron chi connectivity index (χ0n) is 22.5. The van der Waals surface area contributed by atoms with Gasteiger partial charge in [0.1, 0.15) is 18.5 Å². The summed E-state index contributed by atoms with van der Waals surface area (Å²) in [6.45, 7) is 2.42. The molecule has 10 heteroatoms. The fourth-order valence-corrected chi connectivity index (χ4v) is 5.21. The molecule has 1 aliphatic carbocycles. The number of carbonyl (C=O) groups is 3. The molecule has 2 aliphatic rings. The van der Waals surface area contributed by atoms with Crippen LogP contribution in [0.1, 0.15) is 67.3 Å². The number of ether oxygens (including phenoxy) is 3. The molecule has 1 aromatic rings. The maximum absolute atomic E-state index is 13.4. The van der Waals surface area contributed by atoms with Gasteiger partial charge in [-0.15, -0.1) is 0 Å². The molecule has 4 atom stereocenters. The van der Waals surface area contributed by atoms with Crippen LogP contribution in [0.15, 0.2) is 23.8 Å². The highest BCUT2D eigenvalue weighted by Crippen LogP contribution is 2.51. The lowest BCUT2D eigenvalue weighted by Gasteiger charge is -2.40. The van der Waals surface area contributed by atoms with Crippen LogP contribution >= 0.6 is 0 Å². The summed E-state index contributed by atoms with van der Waals surface area (Å²) in [6.07, 6.45) is 5.52. The van der Waals surface area contributed by atoms with Gasteiger partial charge in [-0.25, -0.2) is 0 Å². The van der Waals surface area contributed by atoms with E-state index in [1.54, 1.807) is 17.0 Å². The summed E-state index contributed by atoms with van der Waals surface area (Å²) in [7, 11) is 2.99. The summed E-state index contributed by atoms with van der Waals surface area (Å²) in [5, 5.41) is 23.5. The highest BCUT2D eigenvalue weighted by molar-refractivity contribution is 5.96. The van der Waals surface area contributed by atoms with Gasteiger partial charge in [0.05, 0.1) is 32.3 Å². The number of unbranched alkanes of at least 4 members (excludes halogenated alkanes) is 4. The van der Waals surface area contributed by atoms with Gasteiger partial charge in [-0.3, -0.25) is 14.4 Å². The third kappa shape index (κ3) is 6.54. The number of aliphatic hydroxyl groups is 2. The lowest BCUT2D eigenvalue weighted by molar-refractivity contribution is -0.138. The molecule has 1 aliphatic heterocycles. The molecule has 1 aromatic carbocycles. The Kier molecular flexibility index (Phi) is 11.1. The fraction of sp³-hybridized carbons (Fsp3) is 0.607. The van der Waals surface area contributed by atoms with E-state index < -0.39 is 30.1 Å². The van der Waals surface area contributed by atoms with Crippen LogP contribution in [0.5, 0.6) is 11.5 Å². The zero-order valence-corrected chi connectivity index (χ0v) is 22.5. The van der Waals surface area contributed by atoms with Gasteiger partial charge in [0.15, 0.2) is 11.5 Å². The van der Waals surface area contributed by atoms with Gasteiger partial charge in [-0.1, -0.05) is 32.6 Å². The molecule has 0 bridgehead atoms. The molecule has 10 nitrogen and oxygen atoms in total. The van der Waals surface area contributed by atoms with Crippen LogP contribution in [0.3, 0.4) is 0 Å². The number of methoxy groups -OCH3 is 2. The average molecular weight is 533 g/mol. The Morgan fingerprint density at radius 3 is 2.61 bits per heavy atom. The van der Waals surface area contributed by atoms with Crippen molar-refractivity contribution in [3.8, 4) is 11.5 Å². The van der Waals surface area contributed by atoms with Crippen molar-refractivity contribution < 1.29 is 38.8 Å². The quantitative estimate of drug-likeness (QED) is 0.231. The number of hydrogen-bond acceptors (Lipinski definition) is 8. The predicted octanol–water partition coefficient (Wildman–Crippen LogP) is 1.97. The first-order valence-electron chi connectivity index (χ1n) is 13.3. The normalized spacial score (nSPS) is 21.6. The third-order valence-electron chi connectivity index (χ3n) is 7.12. The molecule has 210 valence electrons. The molecule has 38 heavy (non-hydrogen) atoms. The largest absolute Gasteiger partial charge is 0.493 e. The minimum absolute atomic E-state index is 0.0380. The molecule has 0 saturated heterocycles. The Labute approximate surface area is 223 Å². The maximum atomic E-state index is 13.4. The first kappa shape index (κ1) is 29.6. The lowest BCUT2D eigenvalue weighted by Crippen LogP contribution is -2.56. The number of rotatable bonds is 15. The van der Waals surface area contributed by atoms with Crippen molar-refractivity contribution >= 4 is 18.1 Å². The van der Waals surface area contributed by atoms with Gasteiger partial charge >= 0.3 is 0 Å². The number of benzene rings is 1. The van der Waals surface area contributed by atoms with Crippen molar-refractivity contribution in [2.24, 2.45) is 0 Å². The highest BCUT2D eigenvalue weighted by Gasteiger charge is 2.51. The lowest BCUT2D eigenvalue weighted by atomic mass is 9.77. The monoisotopic (exact) mass is 532 g/mol. The number of nitrogens with one attached hydrogen (secondary N) is 1. The smallest absolute Gasteiger partial charge is 0.247 e. The van der Waals surface area contributed by atoms with E-state index in [0.29, 0.717) is 40.9 Å². The van der Waals surface area contributed by atoms with E-state index in [1.165, 1.54) is 20.3 Å². The number of carbonyl (C=O) groups excluding carboxylic acids is 3. The number of aliphatic hydroxyl groups excluding tert-OH is 2. The van der Waals surface area contributed by atoms with Gasteiger partial charge in [0, 0.05) is 43.3 Å². The number of nitrogens with zero attached hydrogens (tertiary/aromatic N) is 1. The SMILES string of the molecule is CCCCCCCC(=O)N(CCOC)[C@@H]1C=C(C(=O)NCCO)[C@@H]2c3cc(C=O)cc(OC)c3O[C@@H]2[C@H]1O. The standard InChI is InChI=1S/C28H40N2O8/c1-4-5-6-7-8-9-23(33)30(11-13-36-2)21-16-20(28(35)29-10-12-31)24-19-14-18(17-32)15-22(37-3)26(19)38-27(24)25(21)34/h14-17,21,24-25,27,31,34H,4-13H2,1-3H3,(H,29,35)/t21-,24+,25+,27+/m1/s1. The van der Waals surface area contributed by atoms with Gasteiger partial charge < -0.3 is 34.6 Å². The van der Waals surface area contributed by atoms with Crippen LogP contribution in [0.4, 0.5) is 0 Å². The molecule has 0 fully saturated rings.